The normalized spacial score (nSPS) is 20.3. The zero-order valence-corrected chi connectivity index (χ0v) is 15.1. The lowest BCUT2D eigenvalue weighted by atomic mass is 9.87. The maximum absolute atomic E-state index is 12.6. The Hall–Kier alpha value is -1.88. The first-order chi connectivity index (χ1) is 11.2. The molecule has 1 aliphatic rings. The van der Waals surface area contributed by atoms with Gasteiger partial charge in [-0.3, -0.25) is 9.59 Å². The SMILES string of the molecule is Cc1ccc(CN2CC(C(=O)NC(C)(CN)C(C)C)CC2=O)cc1. The molecule has 0 spiro atoms. The van der Waals surface area contributed by atoms with Gasteiger partial charge in [-0.1, -0.05) is 43.7 Å². The van der Waals surface area contributed by atoms with Crippen LogP contribution in [0.25, 0.3) is 0 Å². The fourth-order valence-electron chi connectivity index (χ4n) is 2.83. The Morgan fingerprint density at radius 1 is 1.38 bits per heavy atom. The molecule has 24 heavy (non-hydrogen) atoms. The summed E-state index contributed by atoms with van der Waals surface area (Å²) in [5.74, 6) is -0.106. The number of nitrogens with two attached hydrogens (primary N) is 1. The van der Waals surface area contributed by atoms with Crippen molar-refractivity contribution >= 4 is 11.8 Å². The van der Waals surface area contributed by atoms with Crippen molar-refractivity contribution in [3.05, 3.63) is 35.4 Å². The highest BCUT2D eigenvalue weighted by molar-refractivity contribution is 5.89. The molecule has 0 radical (unpaired) electrons. The summed E-state index contributed by atoms with van der Waals surface area (Å²) in [6.45, 7) is 9.47. The second-order valence-corrected chi connectivity index (χ2v) is 7.43. The highest BCUT2D eigenvalue weighted by Crippen LogP contribution is 2.23. The molecule has 0 aliphatic carbocycles. The van der Waals surface area contributed by atoms with E-state index in [1.807, 2.05) is 52.0 Å². The number of nitrogens with one attached hydrogen (secondary N) is 1. The molecule has 5 nitrogen and oxygen atoms in total. The van der Waals surface area contributed by atoms with Gasteiger partial charge in [0, 0.05) is 26.1 Å². The molecule has 132 valence electrons. The van der Waals surface area contributed by atoms with Crippen LogP contribution in [0.2, 0.25) is 0 Å². The molecule has 5 heteroatoms. The van der Waals surface area contributed by atoms with Gasteiger partial charge in [-0.15, -0.1) is 0 Å². The standard InChI is InChI=1S/C19H29N3O2/c1-13(2)19(4,12-20)21-18(24)16-9-17(23)22(11-16)10-15-7-5-14(3)6-8-15/h5-8,13,16H,9-12,20H2,1-4H3,(H,21,24). The summed E-state index contributed by atoms with van der Waals surface area (Å²) in [6.07, 6.45) is 0.274. The van der Waals surface area contributed by atoms with E-state index in [4.69, 9.17) is 5.73 Å². The van der Waals surface area contributed by atoms with Gasteiger partial charge >= 0.3 is 0 Å². The van der Waals surface area contributed by atoms with Gasteiger partial charge in [0.2, 0.25) is 11.8 Å². The van der Waals surface area contributed by atoms with Gasteiger partial charge in [-0.05, 0) is 25.3 Å². The lowest BCUT2D eigenvalue weighted by molar-refractivity contribution is -0.130. The van der Waals surface area contributed by atoms with Crippen molar-refractivity contribution in [1.29, 1.82) is 0 Å². The zero-order chi connectivity index (χ0) is 17.9. The summed E-state index contributed by atoms with van der Waals surface area (Å²) in [6, 6.07) is 8.13. The van der Waals surface area contributed by atoms with Crippen LogP contribution in [0.15, 0.2) is 24.3 Å². The van der Waals surface area contributed by atoms with Gasteiger partial charge < -0.3 is 16.0 Å². The van der Waals surface area contributed by atoms with E-state index >= 15 is 0 Å². The van der Waals surface area contributed by atoms with Crippen LogP contribution in [0.1, 0.15) is 38.3 Å². The third-order valence-electron chi connectivity index (χ3n) is 5.19. The number of amides is 2. The highest BCUT2D eigenvalue weighted by Gasteiger charge is 2.37. The van der Waals surface area contributed by atoms with Gasteiger partial charge in [0.1, 0.15) is 0 Å². The van der Waals surface area contributed by atoms with Crippen molar-refractivity contribution in [2.75, 3.05) is 13.1 Å². The molecule has 2 rings (SSSR count). The smallest absolute Gasteiger partial charge is 0.225 e. The van der Waals surface area contributed by atoms with Gasteiger partial charge in [0.15, 0.2) is 0 Å². The fourth-order valence-corrected chi connectivity index (χ4v) is 2.83. The molecule has 1 aliphatic heterocycles. The van der Waals surface area contributed by atoms with Crippen LogP contribution in [0.5, 0.6) is 0 Å². The first-order valence-electron chi connectivity index (χ1n) is 8.60. The van der Waals surface area contributed by atoms with Crippen LogP contribution >= 0.6 is 0 Å². The predicted octanol–water partition coefficient (Wildman–Crippen LogP) is 1.83. The van der Waals surface area contributed by atoms with Crippen molar-refractivity contribution in [3.8, 4) is 0 Å². The van der Waals surface area contributed by atoms with E-state index in [2.05, 4.69) is 5.32 Å². The van der Waals surface area contributed by atoms with E-state index < -0.39 is 5.54 Å². The average Bonchev–Trinajstić information content (AvgIpc) is 2.90. The van der Waals surface area contributed by atoms with Gasteiger partial charge in [0.25, 0.3) is 0 Å². The van der Waals surface area contributed by atoms with Crippen molar-refractivity contribution in [3.63, 3.8) is 0 Å². The molecular weight excluding hydrogens is 302 g/mol. The van der Waals surface area contributed by atoms with Crippen LogP contribution in [-0.4, -0.2) is 35.3 Å². The Balaban J connectivity index is 1.98. The van der Waals surface area contributed by atoms with E-state index in [1.54, 1.807) is 4.90 Å². The second-order valence-electron chi connectivity index (χ2n) is 7.43. The summed E-state index contributed by atoms with van der Waals surface area (Å²) < 4.78 is 0. The molecule has 0 saturated carbocycles. The van der Waals surface area contributed by atoms with Gasteiger partial charge in [-0.2, -0.15) is 0 Å². The minimum Gasteiger partial charge on any atom is -0.349 e. The number of hydrogen-bond acceptors (Lipinski definition) is 3. The third kappa shape index (κ3) is 4.15. The van der Waals surface area contributed by atoms with Crippen LogP contribution in [0.4, 0.5) is 0 Å². The summed E-state index contributed by atoms with van der Waals surface area (Å²) in [7, 11) is 0. The molecule has 2 atom stereocenters. The second kappa shape index (κ2) is 7.34. The summed E-state index contributed by atoms with van der Waals surface area (Å²) >= 11 is 0. The third-order valence-corrected chi connectivity index (χ3v) is 5.19. The van der Waals surface area contributed by atoms with Crippen molar-refractivity contribution in [1.82, 2.24) is 10.2 Å². The van der Waals surface area contributed by atoms with E-state index in [1.165, 1.54) is 5.56 Å². The first-order valence-corrected chi connectivity index (χ1v) is 8.60. The minimum atomic E-state index is -0.440. The Morgan fingerprint density at radius 2 is 2.00 bits per heavy atom. The van der Waals surface area contributed by atoms with Crippen molar-refractivity contribution in [2.24, 2.45) is 17.6 Å². The van der Waals surface area contributed by atoms with E-state index in [9.17, 15) is 9.59 Å². The number of likely N-dealkylation sites (tertiary alicyclic amines) is 1. The molecule has 1 heterocycles. The molecule has 1 aromatic carbocycles. The van der Waals surface area contributed by atoms with Crippen LogP contribution < -0.4 is 11.1 Å². The van der Waals surface area contributed by atoms with Gasteiger partial charge in [0.05, 0.1) is 11.5 Å². The van der Waals surface area contributed by atoms with E-state index in [0.717, 1.165) is 5.56 Å². The largest absolute Gasteiger partial charge is 0.349 e. The Kier molecular flexibility index (Phi) is 5.65. The van der Waals surface area contributed by atoms with Crippen molar-refractivity contribution in [2.45, 2.75) is 46.2 Å². The molecule has 2 unspecified atom stereocenters. The number of carbonyl (C=O) groups is 2. The fraction of sp³-hybridized carbons (Fsp3) is 0.579. The van der Waals surface area contributed by atoms with Crippen LogP contribution in [0, 0.1) is 18.8 Å². The Labute approximate surface area is 144 Å². The number of carbonyl (C=O) groups excluding carboxylic acids is 2. The zero-order valence-electron chi connectivity index (χ0n) is 15.1. The van der Waals surface area contributed by atoms with Gasteiger partial charge in [-0.25, -0.2) is 0 Å². The molecule has 2 amide bonds. The number of hydrogen-bond donors (Lipinski definition) is 2. The number of rotatable bonds is 6. The van der Waals surface area contributed by atoms with E-state index in [0.29, 0.717) is 19.6 Å². The van der Waals surface area contributed by atoms with Crippen LogP contribution in [0.3, 0.4) is 0 Å². The molecule has 1 aromatic rings. The molecule has 1 fully saturated rings. The molecule has 3 N–H and O–H groups in total. The molecule has 0 aromatic heterocycles. The maximum Gasteiger partial charge on any atom is 0.225 e. The average molecular weight is 331 g/mol. The quantitative estimate of drug-likeness (QED) is 0.835. The molecular formula is C19H29N3O2. The minimum absolute atomic E-state index is 0.0368. The molecule has 1 saturated heterocycles. The molecule has 0 bridgehead atoms. The summed E-state index contributed by atoms with van der Waals surface area (Å²) in [4.78, 5) is 26.6. The topological polar surface area (TPSA) is 75.4 Å². The monoisotopic (exact) mass is 331 g/mol. The number of aryl methyl sites for hydroxylation is 1. The number of nitrogens with zero attached hydrogens (tertiary/aromatic N) is 1. The Bertz CT molecular complexity index is 597. The summed E-state index contributed by atoms with van der Waals surface area (Å²) in [5.41, 5.74) is 7.67. The first kappa shape index (κ1) is 18.5. The lowest BCUT2D eigenvalue weighted by Gasteiger charge is -2.34. The van der Waals surface area contributed by atoms with Crippen LogP contribution in [-0.2, 0) is 16.1 Å². The highest BCUT2D eigenvalue weighted by atomic mass is 16.2. The summed E-state index contributed by atoms with van der Waals surface area (Å²) in [5, 5.41) is 3.05. The lowest BCUT2D eigenvalue weighted by Crippen LogP contribution is -2.56. The Morgan fingerprint density at radius 3 is 2.54 bits per heavy atom. The maximum atomic E-state index is 12.6. The van der Waals surface area contributed by atoms with Crippen molar-refractivity contribution < 1.29 is 9.59 Å². The number of benzene rings is 1. The predicted molar refractivity (Wildman–Crippen MR) is 95.1 cm³/mol. The van der Waals surface area contributed by atoms with E-state index in [-0.39, 0.29) is 30.1 Å².